The van der Waals surface area contributed by atoms with E-state index in [0.717, 1.165) is 0 Å². The topological polar surface area (TPSA) is 187 Å². The van der Waals surface area contributed by atoms with Gasteiger partial charge in [0.1, 0.15) is 23.6 Å². The van der Waals surface area contributed by atoms with Crippen molar-refractivity contribution in [2.75, 3.05) is 50.8 Å². The van der Waals surface area contributed by atoms with E-state index >= 15 is 0 Å². The lowest BCUT2D eigenvalue weighted by Crippen LogP contribution is -2.57. The first-order chi connectivity index (χ1) is 23.9. The van der Waals surface area contributed by atoms with Crippen molar-refractivity contribution < 1.29 is 43.2 Å². The van der Waals surface area contributed by atoms with Gasteiger partial charge in [0.2, 0.25) is 23.6 Å². The van der Waals surface area contributed by atoms with Crippen LogP contribution in [-0.2, 0) is 43.2 Å². The van der Waals surface area contributed by atoms with E-state index in [4.69, 9.17) is 0 Å². The molecule has 0 aromatic heterocycles. The predicted molar refractivity (Wildman–Crippen MR) is 193 cm³/mol. The molecule has 0 bridgehead atoms. The molecule has 14 nitrogen and oxygen atoms in total. The van der Waals surface area contributed by atoms with Crippen LogP contribution in [0.5, 0.6) is 0 Å². The quantitative estimate of drug-likeness (QED) is 0.155. The average molecular weight is 738 g/mol. The Hall–Kier alpha value is -3.79. The molecule has 0 fully saturated rings. The van der Waals surface area contributed by atoms with E-state index in [1.165, 1.54) is 50.4 Å². The maximum atomic E-state index is 14.0. The van der Waals surface area contributed by atoms with Crippen molar-refractivity contribution in [2.45, 2.75) is 84.7 Å². The zero-order chi connectivity index (χ0) is 37.3. The van der Waals surface area contributed by atoms with E-state index < -0.39 is 35.7 Å². The van der Waals surface area contributed by atoms with Gasteiger partial charge in [-0.3, -0.25) is 38.4 Å². The smallest absolute Gasteiger partial charge is 0.265 e. The molecule has 0 saturated heterocycles. The van der Waals surface area contributed by atoms with Gasteiger partial charge in [-0.15, -0.1) is 23.5 Å². The van der Waals surface area contributed by atoms with Gasteiger partial charge in [-0.25, -0.2) is 0 Å². The van der Waals surface area contributed by atoms with Crippen molar-refractivity contribution in [3.8, 4) is 0 Å². The summed E-state index contributed by atoms with van der Waals surface area (Å²) in [4.78, 5) is 117. The molecule has 2 N–H and O–H groups in total. The van der Waals surface area contributed by atoms with Crippen molar-refractivity contribution in [1.82, 2.24) is 25.3 Å². The normalized spacial score (nSPS) is 15.2. The van der Waals surface area contributed by atoms with Crippen molar-refractivity contribution in [1.29, 1.82) is 0 Å². The highest BCUT2D eigenvalue weighted by Gasteiger charge is 2.29. The Bertz CT molecular complexity index is 1210. The van der Waals surface area contributed by atoms with Gasteiger partial charge in [-0.2, -0.15) is 0 Å². The molecule has 1 rings (SSSR count). The van der Waals surface area contributed by atoms with Crippen LogP contribution >= 0.6 is 23.5 Å². The lowest BCUT2D eigenvalue weighted by molar-refractivity contribution is -0.141. The van der Waals surface area contributed by atoms with Crippen LogP contribution in [0.25, 0.3) is 0 Å². The number of Topliss-reactive ketones (excluding diaryl/α,β-unsaturated/α-hetero) is 3. The number of hydrogen-bond acceptors (Lipinski definition) is 11. The third-order valence-corrected chi connectivity index (χ3v) is 9.46. The lowest BCUT2D eigenvalue weighted by atomic mass is 10.1. The lowest BCUT2D eigenvalue weighted by Gasteiger charge is -2.30. The van der Waals surface area contributed by atoms with Gasteiger partial charge in [0.25, 0.3) is 5.91 Å². The standard InChI is InChI=1S/C34H51N5O9S2/c1-4-26(41)8-16-37(15-7-21-40)31(46)11-19-39(20-12-32(47)38(17-9-27(42)5-2)18-10-28(43)6-3)34(48)33-35-29(44)13-22-49-24-25-50-23-14-30(45)36-33/h13-14,21-23,33H,4-12,15-20,24-25H2,1-3H3,(H,35,44)(H,36,45)/b22-13+,23-14+. The number of nitrogens with one attached hydrogen (secondary N) is 2. The molecule has 0 saturated carbocycles. The molecule has 16 heteroatoms. The van der Waals surface area contributed by atoms with E-state index in [-0.39, 0.29) is 95.1 Å². The Labute approximate surface area is 302 Å². The van der Waals surface area contributed by atoms with E-state index in [1.54, 1.807) is 31.6 Å². The van der Waals surface area contributed by atoms with Gasteiger partial charge in [0.15, 0.2) is 6.17 Å². The Balaban J connectivity index is 3.33. The largest absolute Gasteiger partial charge is 0.342 e. The van der Waals surface area contributed by atoms with Gasteiger partial charge in [-0.1, -0.05) is 20.8 Å². The SMILES string of the molecule is CCC(=O)CCN(CCC=O)C(=O)CCN(CCC(=O)N(CCC(=O)CC)CCC(=O)CC)C(=O)C1NC(=O)/C=C/SCCS/C=C/C(=O)N1. The maximum Gasteiger partial charge on any atom is 0.265 e. The summed E-state index contributed by atoms with van der Waals surface area (Å²) in [6.07, 6.45) is 2.37. The minimum Gasteiger partial charge on any atom is -0.342 e. The van der Waals surface area contributed by atoms with E-state index in [1.807, 2.05) is 0 Å². The third-order valence-electron chi connectivity index (χ3n) is 7.66. The minimum absolute atomic E-state index is 0.0516. The summed E-state index contributed by atoms with van der Waals surface area (Å²) in [5.41, 5.74) is 0. The van der Waals surface area contributed by atoms with Crippen LogP contribution in [-0.4, -0.2) is 125 Å². The number of carbonyl (C=O) groups is 9. The van der Waals surface area contributed by atoms with Crippen molar-refractivity contribution in [3.63, 3.8) is 0 Å². The highest BCUT2D eigenvalue weighted by atomic mass is 32.2. The van der Waals surface area contributed by atoms with Gasteiger partial charge in [0, 0.05) is 121 Å². The minimum atomic E-state index is -1.54. The van der Waals surface area contributed by atoms with E-state index in [0.29, 0.717) is 37.1 Å². The summed E-state index contributed by atoms with van der Waals surface area (Å²) in [5.74, 6) is -1.71. The fourth-order valence-corrected chi connectivity index (χ4v) is 6.01. The number of hydrogen-bond donors (Lipinski definition) is 2. The second kappa shape index (κ2) is 26.1. The first-order valence-corrected chi connectivity index (χ1v) is 19.1. The molecule has 0 unspecified atom stereocenters. The number of amides is 5. The molecule has 1 aliphatic heterocycles. The summed E-state index contributed by atoms with van der Waals surface area (Å²) in [6, 6.07) is 0. The molecule has 5 amide bonds. The summed E-state index contributed by atoms with van der Waals surface area (Å²) >= 11 is 2.77. The van der Waals surface area contributed by atoms with E-state index in [2.05, 4.69) is 10.6 Å². The molecular weight excluding hydrogens is 687 g/mol. The number of thioether (sulfide) groups is 2. The van der Waals surface area contributed by atoms with Crippen LogP contribution in [0.4, 0.5) is 0 Å². The number of ketones is 3. The maximum absolute atomic E-state index is 14.0. The zero-order valence-corrected chi connectivity index (χ0v) is 31.0. The first-order valence-electron chi connectivity index (χ1n) is 17.0. The van der Waals surface area contributed by atoms with Gasteiger partial charge in [0.05, 0.1) is 0 Å². The van der Waals surface area contributed by atoms with Crippen LogP contribution in [0.3, 0.4) is 0 Å². The summed E-state index contributed by atoms with van der Waals surface area (Å²) in [7, 11) is 0. The van der Waals surface area contributed by atoms with Crippen LogP contribution < -0.4 is 10.6 Å². The Morgan fingerprint density at radius 2 is 1.02 bits per heavy atom. The van der Waals surface area contributed by atoms with Crippen LogP contribution in [0.15, 0.2) is 23.0 Å². The number of carbonyl (C=O) groups excluding carboxylic acids is 9. The average Bonchev–Trinajstić information content (AvgIpc) is 3.12. The van der Waals surface area contributed by atoms with Crippen LogP contribution in [0, 0.1) is 0 Å². The highest BCUT2D eigenvalue weighted by molar-refractivity contribution is 8.05. The molecule has 0 aromatic rings. The second-order valence-corrected chi connectivity index (χ2v) is 13.3. The third kappa shape index (κ3) is 18.8. The Morgan fingerprint density at radius 3 is 1.40 bits per heavy atom. The monoisotopic (exact) mass is 737 g/mol. The molecular formula is C34H51N5O9S2. The second-order valence-electron chi connectivity index (χ2n) is 11.3. The molecule has 0 radical (unpaired) electrons. The number of rotatable bonds is 22. The number of nitrogens with zero attached hydrogens (tertiary/aromatic N) is 3. The summed E-state index contributed by atoms with van der Waals surface area (Å²) < 4.78 is 0. The van der Waals surface area contributed by atoms with Crippen molar-refractivity contribution in [2.24, 2.45) is 0 Å². The molecule has 0 spiro atoms. The molecule has 0 aromatic carbocycles. The summed E-state index contributed by atoms with van der Waals surface area (Å²) in [6.45, 7) is 5.08. The number of aldehydes is 1. The zero-order valence-electron chi connectivity index (χ0n) is 29.3. The fraction of sp³-hybridized carbons (Fsp3) is 0.618. The predicted octanol–water partition coefficient (Wildman–Crippen LogP) is 2.01. The molecule has 0 aliphatic carbocycles. The fourth-order valence-electron chi connectivity index (χ4n) is 4.52. The summed E-state index contributed by atoms with van der Waals surface area (Å²) in [5, 5.41) is 8.13. The molecule has 1 heterocycles. The Kier molecular flexibility index (Phi) is 23.1. The van der Waals surface area contributed by atoms with Gasteiger partial charge >= 0.3 is 0 Å². The van der Waals surface area contributed by atoms with Gasteiger partial charge < -0.3 is 30.1 Å². The molecule has 1 aliphatic rings. The molecule has 0 atom stereocenters. The molecule has 278 valence electrons. The Morgan fingerprint density at radius 1 is 0.640 bits per heavy atom. The first kappa shape index (κ1) is 44.2. The van der Waals surface area contributed by atoms with Crippen molar-refractivity contribution in [3.05, 3.63) is 23.0 Å². The van der Waals surface area contributed by atoms with E-state index in [9.17, 15) is 43.2 Å². The van der Waals surface area contributed by atoms with Gasteiger partial charge in [-0.05, 0) is 10.8 Å². The van der Waals surface area contributed by atoms with Crippen LogP contribution in [0.2, 0.25) is 0 Å². The van der Waals surface area contributed by atoms with Crippen LogP contribution in [0.1, 0.15) is 78.6 Å². The molecule has 50 heavy (non-hydrogen) atoms. The highest BCUT2D eigenvalue weighted by Crippen LogP contribution is 2.11. The van der Waals surface area contributed by atoms with Crippen molar-refractivity contribution >= 4 is 76.7 Å².